The van der Waals surface area contributed by atoms with Crippen LogP contribution in [0.1, 0.15) is 5.56 Å². The van der Waals surface area contributed by atoms with Gasteiger partial charge in [0.15, 0.2) is 0 Å². The van der Waals surface area contributed by atoms with E-state index in [1.54, 1.807) is 0 Å². The molecule has 0 heterocycles. The quantitative estimate of drug-likeness (QED) is 0.175. The Morgan fingerprint density at radius 2 is 1.09 bits per heavy atom. The Morgan fingerprint density at radius 1 is 0.529 bits per heavy atom. The molecule has 0 aliphatic carbocycles. The zero-order valence-electron chi connectivity index (χ0n) is 18.1. The van der Waals surface area contributed by atoms with E-state index in [2.05, 4.69) is 95.8 Å². The van der Waals surface area contributed by atoms with Crippen LogP contribution in [0.2, 0.25) is 0 Å². The molecule has 0 atom stereocenters. The van der Waals surface area contributed by atoms with E-state index in [-0.39, 0.29) is 0 Å². The van der Waals surface area contributed by atoms with Gasteiger partial charge in [0.25, 0.3) is 0 Å². The van der Waals surface area contributed by atoms with Crippen LogP contribution in [0.25, 0.3) is 69.5 Å². The van der Waals surface area contributed by atoms with Gasteiger partial charge in [0, 0.05) is 0 Å². The summed E-state index contributed by atoms with van der Waals surface area (Å²) >= 11 is 0. The molecular weight excluding hydrogens is 412 g/mol. The van der Waals surface area contributed by atoms with Crippen LogP contribution >= 0.6 is 0 Å². The maximum atomic E-state index is 9.83. The number of fused-ring (bicyclic) bond motifs is 13. The number of rotatable bonds is 0. The van der Waals surface area contributed by atoms with Gasteiger partial charge < -0.3 is 0 Å². The zero-order valence-corrected chi connectivity index (χ0v) is 18.1. The lowest BCUT2D eigenvalue weighted by Crippen LogP contribution is -1.90. The van der Waals surface area contributed by atoms with Gasteiger partial charge in [0.2, 0.25) is 5.69 Å². The molecule has 0 radical (unpaired) electrons. The first-order chi connectivity index (χ1) is 16.8. The summed E-state index contributed by atoms with van der Waals surface area (Å²) in [4.78, 5) is 3.71. The van der Waals surface area contributed by atoms with Crippen LogP contribution in [0.15, 0.2) is 97.1 Å². The standard InChI is InChI=1S/C32H16N2/c1-34-29-17-28-27(16-20(29)18-33)30-21-9-3-2-8-19(21)14-15-26(30)31-24-12-6-4-10-22(24)23-11-5-7-13-25(23)32(28)31/h2-17H. The molecule has 7 aromatic rings. The van der Waals surface area contributed by atoms with Gasteiger partial charge in [-0.05, 0) is 76.8 Å². The summed E-state index contributed by atoms with van der Waals surface area (Å²) in [5.74, 6) is 0. The normalized spacial score (nSPS) is 11.5. The minimum Gasteiger partial charge on any atom is -0.237 e. The van der Waals surface area contributed by atoms with Crippen LogP contribution < -0.4 is 0 Å². The Balaban J connectivity index is 1.96. The number of hydrogen-bond donors (Lipinski definition) is 0. The highest BCUT2D eigenvalue weighted by atomic mass is 14.6. The molecule has 0 spiro atoms. The van der Waals surface area contributed by atoms with Crippen LogP contribution in [0.5, 0.6) is 0 Å². The molecule has 0 amide bonds. The highest BCUT2D eigenvalue weighted by molar-refractivity contribution is 6.42. The van der Waals surface area contributed by atoms with E-state index >= 15 is 0 Å². The summed E-state index contributed by atoms with van der Waals surface area (Å²) in [6.07, 6.45) is 0. The SMILES string of the molecule is [C-]#[N+]c1cc2c(cc1C#N)c1c3ccccc3ccc1c1c3ccccc3c3ccccc3c21. The van der Waals surface area contributed by atoms with Crippen molar-refractivity contribution >= 4 is 70.3 Å². The van der Waals surface area contributed by atoms with Crippen molar-refractivity contribution in [2.24, 2.45) is 0 Å². The van der Waals surface area contributed by atoms with Gasteiger partial charge >= 0.3 is 0 Å². The van der Waals surface area contributed by atoms with Crippen molar-refractivity contribution in [2.75, 3.05) is 0 Å². The molecule has 0 aliphatic rings. The lowest BCUT2D eigenvalue weighted by Gasteiger charge is -2.18. The second-order valence-corrected chi connectivity index (χ2v) is 8.69. The van der Waals surface area contributed by atoms with Crippen molar-refractivity contribution in [1.82, 2.24) is 0 Å². The molecule has 2 heteroatoms. The fourth-order valence-electron chi connectivity index (χ4n) is 5.65. The summed E-state index contributed by atoms with van der Waals surface area (Å²) in [5.41, 5.74) is 0.814. The first-order valence-electron chi connectivity index (χ1n) is 11.2. The Hall–Kier alpha value is -4.92. The summed E-state index contributed by atoms with van der Waals surface area (Å²) < 4.78 is 0. The fraction of sp³-hybridized carbons (Fsp3) is 0. The zero-order chi connectivity index (χ0) is 22.8. The number of benzene rings is 7. The second kappa shape index (κ2) is 6.79. The molecule has 0 unspecified atom stereocenters. The molecule has 0 aliphatic heterocycles. The first kappa shape index (κ1) is 18.6. The molecule has 7 rings (SSSR count). The summed E-state index contributed by atoms with van der Waals surface area (Å²) in [5, 5.41) is 23.6. The van der Waals surface area contributed by atoms with E-state index in [1.807, 2.05) is 12.1 Å². The molecule has 34 heavy (non-hydrogen) atoms. The number of nitrogens with zero attached hydrogens (tertiary/aromatic N) is 2. The Labute approximate surface area is 195 Å². The average Bonchev–Trinajstić information content (AvgIpc) is 2.91. The third kappa shape index (κ3) is 2.32. The van der Waals surface area contributed by atoms with Gasteiger partial charge in [-0.25, -0.2) is 4.85 Å². The Bertz CT molecular complexity index is 2090. The maximum absolute atomic E-state index is 9.83. The van der Waals surface area contributed by atoms with E-state index in [1.165, 1.54) is 26.9 Å². The van der Waals surface area contributed by atoms with Crippen LogP contribution in [-0.4, -0.2) is 0 Å². The first-order valence-corrected chi connectivity index (χ1v) is 11.2. The highest BCUT2D eigenvalue weighted by Gasteiger charge is 2.18. The van der Waals surface area contributed by atoms with Crippen molar-refractivity contribution < 1.29 is 0 Å². The van der Waals surface area contributed by atoms with Gasteiger partial charge in [-0.3, -0.25) is 0 Å². The van der Waals surface area contributed by atoms with Crippen LogP contribution in [0.3, 0.4) is 0 Å². The van der Waals surface area contributed by atoms with E-state index in [0.29, 0.717) is 11.3 Å². The van der Waals surface area contributed by atoms with Gasteiger partial charge in [-0.1, -0.05) is 84.9 Å². The Kier molecular flexibility index (Phi) is 3.72. The molecule has 7 aromatic carbocycles. The molecule has 0 saturated carbocycles. The van der Waals surface area contributed by atoms with Crippen LogP contribution in [0, 0.1) is 17.9 Å². The number of hydrogen-bond acceptors (Lipinski definition) is 1. The van der Waals surface area contributed by atoms with Crippen LogP contribution in [-0.2, 0) is 0 Å². The monoisotopic (exact) mass is 428 g/mol. The number of nitriles is 1. The van der Waals surface area contributed by atoms with E-state index in [0.717, 1.165) is 37.7 Å². The topological polar surface area (TPSA) is 28.1 Å². The molecule has 0 aromatic heterocycles. The van der Waals surface area contributed by atoms with Gasteiger partial charge in [-0.15, -0.1) is 0 Å². The highest BCUT2D eigenvalue weighted by Crippen LogP contribution is 2.46. The van der Waals surface area contributed by atoms with Crippen molar-refractivity contribution in [3.8, 4) is 6.07 Å². The van der Waals surface area contributed by atoms with E-state index < -0.39 is 0 Å². The maximum Gasteiger partial charge on any atom is 0.205 e. The molecule has 0 N–H and O–H groups in total. The average molecular weight is 428 g/mol. The lowest BCUT2D eigenvalue weighted by molar-refractivity contribution is 1.50. The molecule has 2 nitrogen and oxygen atoms in total. The van der Waals surface area contributed by atoms with Gasteiger partial charge in [-0.2, -0.15) is 5.26 Å². The van der Waals surface area contributed by atoms with Crippen molar-refractivity contribution in [2.45, 2.75) is 0 Å². The molecule has 0 fully saturated rings. The summed E-state index contributed by atoms with van der Waals surface area (Å²) in [7, 11) is 0. The minimum absolute atomic E-state index is 0.396. The van der Waals surface area contributed by atoms with Crippen LogP contribution in [0.4, 0.5) is 5.69 Å². The van der Waals surface area contributed by atoms with Gasteiger partial charge in [0.05, 0.1) is 18.2 Å². The molecular formula is C32H16N2. The minimum atomic E-state index is 0.396. The van der Waals surface area contributed by atoms with Crippen molar-refractivity contribution in [3.63, 3.8) is 0 Å². The lowest BCUT2D eigenvalue weighted by atomic mass is 9.85. The summed E-state index contributed by atoms with van der Waals surface area (Å²) in [6, 6.07) is 36.0. The summed E-state index contributed by atoms with van der Waals surface area (Å²) in [6.45, 7) is 7.73. The van der Waals surface area contributed by atoms with Gasteiger partial charge in [0.1, 0.15) is 0 Å². The van der Waals surface area contributed by atoms with Crippen molar-refractivity contribution in [1.29, 1.82) is 5.26 Å². The fourth-order valence-corrected chi connectivity index (χ4v) is 5.65. The smallest absolute Gasteiger partial charge is 0.205 e. The predicted octanol–water partition coefficient (Wildman–Crippen LogP) is 9.03. The Morgan fingerprint density at radius 3 is 1.74 bits per heavy atom. The molecule has 0 bridgehead atoms. The second-order valence-electron chi connectivity index (χ2n) is 8.69. The van der Waals surface area contributed by atoms with Crippen molar-refractivity contribution in [3.05, 3.63) is 114 Å². The molecule has 154 valence electrons. The van der Waals surface area contributed by atoms with E-state index in [9.17, 15) is 5.26 Å². The molecule has 0 saturated heterocycles. The largest absolute Gasteiger partial charge is 0.237 e. The third-order valence-corrected chi connectivity index (χ3v) is 7.05. The third-order valence-electron chi connectivity index (χ3n) is 7.05. The van der Waals surface area contributed by atoms with E-state index in [4.69, 9.17) is 6.57 Å². The predicted molar refractivity (Wildman–Crippen MR) is 142 cm³/mol.